The molecule has 4 nitrogen and oxygen atoms in total. The van der Waals surface area contributed by atoms with Gasteiger partial charge in [-0.15, -0.1) is 0 Å². The van der Waals surface area contributed by atoms with Crippen LogP contribution in [0, 0.1) is 0 Å². The average Bonchev–Trinajstić information content (AvgIpc) is 2.33. The molecule has 2 rings (SSSR count). The Morgan fingerprint density at radius 1 is 1.31 bits per heavy atom. The highest BCUT2D eigenvalue weighted by Crippen LogP contribution is 2.30. The van der Waals surface area contributed by atoms with Gasteiger partial charge in [0.15, 0.2) is 0 Å². The largest absolute Gasteiger partial charge is 0.357 e. The molecule has 0 spiro atoms. The molecule has 16 heavy (non-hydrogen) atoms. The topological polar surface area (TPSA) is 50.7 Å². The standard InChI is InChI=1S/C10H9BrN4S/c1-12-10-14-6-7(11)9(15-10)16-8-4-2-3-5-13-8/h2-6H,1H3,(H,12,14,15). The zero-order chi connectivity index (χ0) is 11.4. The second kappa shape index (κ2) is 5.27. The molecule has 82 valence electrons. The van der Waals surface area contributed by atoms with Crippen molar-refractivity contribution in [2.75, 3.05) is 12.4 Å². The number of nitrogens with zero attached hydrogens (tertiary/aromatic N) is 3. The summed E-state index contributed by atoms with van der Waals surface area (Å²) in [5, 5.41) is 4.66. The summed E-state index contributed by atoms with van der Waals surface area (Å²) in [6, 6.07) is 5.78. The summed E-state index contributed by atoms with van der Waals surface area (Å²) in [4.78, 5) is 12.7. The van der Waals surface area contributed by atoms with Gasteiger partial charge in [0.25, 0.3) is 0 Å². The van der Waals surface area contributed by atoms with Crippen molar-refractivity contribution in [2.45, 2.75) is 10.1 Å². The number of hydrogen-bond acceptors (Lipinski definition) is 5. The maximum atomic E-state index is 4.34. The minimum absolute atomic E-state index is 0.599. The molecule has 0 bridgehead atoms. The molecule has 2 aromatic rings. The molecule has 1 N–H and O–H groups in total. The first-order valence-corrected chi connectivity index (χ1v) is 6.19. The molecular weight excluding hydrogens is 288 g/mol. The lowest BCUT2D eigenvalue weighted by Crippen LogP contribution is -1.97. The fourth-order valence-electron chi connectivity index (χ4n) is 1.05. The molecule has 0 amide bonds. The zero-order valence-corrected chi connectivity index (χ0v) is 10.9. The van der Waals surface area contributed by atoms with Crippen molar-refractivity contribution in [1.82, 2.24) is 15.0 Å². The Morgan fingerprint density at radius 3 is 2.88 bits per heavy atom. The van der Waals surface area contributed by atoms with E-state index in [1.807, 2.05) is 18.2 Å². The van der Waals surface area contributed by atoms with Crippen LogP contribution in [0.4, 0.5) is 5.95 Å². The Kier molecular flexibility index (Phi) is 3.74. The molecule has 0 atom stereocenters. The van der Waals surface area contributed by atoms with Gasteiger partial charge in [-0.3, -0.25) is 0 Å². The van der Waals surface area contributed by atoms with Crippen LogP contribution in [-0.4, -0.2) is 22.0 Å². The number of anilines is 1. The second-order valence-corrected chi connectivity index (χ2v) is 4.73. The van der Waals surface area contributed by atoms with Crippen LogP contribution in [0.3, 0.4) is 0 Å². The van der Waals surface area contributed by atoms with Crippen LogP contribution in [-0.2, 0) is 0 Å². The minimum atomic E-state index is 0.599. The van der Waals surface area contributed by atoms with E-state index in [1.54, 1.807) is 19.4 Å². The van der Waals surface area contributed by atoms with Crippen LogP contribution in [0.2, 0.25) is 0 Å². The van der Waals surface area contributed by atoms with Crippen molar-refractivity contribution in [1.29, 1.82) is 0 Å². The van der Waals surface area contributed by atoms with Gasteiger partial charge in [-0.1, -0.05) is 6.07 Å². The Hall–Kier alpha value is -1.14. The first kappa shape index (κ1) is 11.3. The Labute approximate surface area is 106 Å². The quantitative estimate of drug-likeness (QED) is 0.883. The van der Waals surface area contributed by atoms with Gasteiger partial charge in [0, 0.05) is 19.4 Å². The van der Waals surface area contributed by atoms with Crippen molar-refractivity contribution in [3.05, 3.63) is 35.1 Å². The number of pyridine rings is 1. The summed E-state index contributed by atoms with van der Waals surface area (Å²) in [7, 11) is 1.79. The summed E-state index contributed by atoms with van der Waals surface area (Å²) in [5.74, 6) is 0.599. The summed E-state index contributed by atoms with van der Waals surface area (Å²) in [6.45, 7) is 0. The zero-order valence-electron chi connectivity index (χ0n) is 8.51. The fourth-order valence-corrected chi connectivity index (χ4v) is 2.22. The van der Waals surface area contributed by atoms with E-state index in [2.05, 4.69) is 36.2 Å². The number of nitrogens with one attached hydrogen (secondary N) is 1. The lowest BCUT2D eigenvalue weighted by Gasteiger charge is -2.04. The van der Waals surface area contributed by atoms with Crippen LogP contribution in [0.1, 0.15) is 0 Å². The molecule has 0 radical (unpaired) electrons. The predicted octanol–water partition coefficient (Wildman–Crippen LogP) is 2.83. The maximum absolute atomic E-state index is 4.34. The average molecular weight is 297 g/mol. The van der Waals surface area contributed by atoms with E-state index in [1.165, 1.54) is 11.8 Å². The Bertz CT molecular complexity index is 478. The van der Waals surface area contributed by atoms with Gasteiger partial charge in [-0.25, -0.2) is 15.0 Å². The highest BCUT2D eigenvalue weighted by atomic mass is 79.9. The van der Waals surface area contributed by atoms with Crippen molar-refractivity contribution in [3.8, 4) is 0 Å². The van der Waals surface area contributed by atoms with Gasteiger partial charge in [-0.05, 0) is 39.8 Å². The van der Waals surface area contributed by atoms with E-state index in [4.69, 9.17) is 0 Å². The number of halogens is 1. The smallest absolute Gasteiger partial charge is 0.223 e. The fraction of sp³-hybridized carbons (Fsp3) is 0.100. The van der Waals surface area contributed by atoms with Crippen molar-refractivity contribution < 1.29 is 0 Å². The number of aromatic nitrogens is 3. The molecule has 0 aliphatic heterocycles. The van der Waals surface area contributed by atoms with Crippen molar-refractivity contribution in [2.24, 2.45) is 0 Å². The summed E-state index contributed by atoms with van der Waals surface area (Å²) >= 11 is 4.91. The second-order valence-electron chi connectivity index (χ2n) is 2.87. The molecule has 6 heteroatoms. The molecular formula is C10H9BrN4S. The normalized spacial score (nSPS) is 10.1. The molecule has 2 aromatic heterocycles. The monoisotopic (exact) mass is 296 g/mol. The Balaban J connectivity index is 2.27. The van der Waals surface area contributed by atoms with Crippen LogP contribution in [0.25, 0.3) is 0 Å². The van der Waals surface area contributed by atoms with Crippen LogP contribution in [0.5, 0.6) is 0 Å². The maximum Gasteiger partial charge on any atom is 0.223 e. The van der Waals surface area contributed by atoms with Crippen LogP contribution >= 0.6 is 27.7 Å². The minimum Gasteiger partial charge on any atom is -0.357 e. The van der Waals surface area contributed by atoms with Gasteiger partial charge in [0.2, 0.25) is 5.95 Å². The van der Waals surface area contributed by atoms with Crippen LogP contribution in [0.15, 0.2) is 45.1 Å². The van der Waals surface area contributed by atoms with E-state index >= 15 is 0 Å². The molecule has 0 unspecified atom stereocenters. The lowest BCUT2D eigenvalue weighted by atomic mass is 10.5. The summed E-state index contributed by atoms with van der Waals surface area (Å²) in [5.41, 5.74) is 0. The van der Waals surface area contributed by atoms with Crippen LogP contribution < -0.4 is 5.32 Å². The third-order valence-corrected chi connectivity index (χ3v) is 3.57. The van der Waals surface area contributed by atoms with Gasteiger partial charge < -0.3 is 5.32 Å². The first-order valence-electron chi connectivity index (χ1n) is 4.59. The third kappa shape index (κ3) is 2.70. The van der Waals surface area contributed by atoms with E-state index in [0.717, 1.165) is 14.5 Å². The molecule has 0 saturated carbocycles. The summed E-state index contributed by atoms with van der Waals surface area (Å²) < 4.78 is 0.863. The first-order chi connectivity index (χ1) is 7.79. The number of rotatable bonds is 3. The Morgan fingerprint density at radius 2 is 2.19 bits per heavy atom. The predicted molar refractivity (Wildman–Crippen MR) is 67.6 cm³/mol. The van der Waals surface area contributed by atoms with E-state index < -0.39 is 0 Å². The SMILES string of the molecule is CNc1ncc(Br)c(Sc2ccccn2)n1. The third-order valence-electron chi connectivity index (χ3n) is 1.77. The number of hydrogen-bond donors (Lipinski definition) is 1. The van der Waals surface area contributed by atoms with E-state index in [9.17, 15) is 0 Å². The molecule has 2 heterocycles. The molecule has 0 aromatic carbocycles. The summed E-state index contributed by atoms with van der Waals surface area (Å²) in [6.07, 6.45) is 3.49. The van der Waals surface area contributed by atoms with Gasteiger partial charge >= 0.3 is 0 Å². The molecule has 0 saturated heterocycles. The lowest BCUT2D eigenvalue weighted by molar-refractivity contribution is 1.02. The van der Waals surface area contributed by atoms with Gasteiger partial charge in [0.1, 0.15) is 10.1 Å². The highest BCUT2D eigenvalue weighted by Gasteiger charge is 2.06. The molecule has 0 fully saturated rings. The van der Waals surface area contributed by atoms with Crippen molar-refractivity contribution in [3.63, 3.8) is 0 Å². The van der Waals surface area contributed by atoms with Gasteiger partial charge in [0.05, 0.1) is 4.47 Å². The van der Waals surface area contributed by atoms with E-state index in [-0.39, 0.29) is 0 Å². The molecule has 0 aliphatic carbocycles. The van der Waals surface area contributed by atoms with Crippen molar-refractivity contribution >= 4 is 33.6 Å². The highest BCUT2D eigenvalue weighted by molar-refractivity contribution is 9.10. The van der Waals surface area contributed by atoms with Gasteiger partial charge in [-0.2, -0.15) is 0 Å². The molecule has 0 aliphatic rings. The van der Waals surface area contributed by atoms with E-state index in [0.29, 0.717) is 5.95 Å².